The van der Waals surface area contributed by atoms with Gasteiger partial charge in [-0.15, -0.1) is 0 Å². The lowest BCUT2D eigenvalue weighted by molar-refractivity contribution is -0.139. The van der Waals surface area contributed by atoms with E-state index in [1.807, 2.05) is 0 Å². The molecular weight excluding hydrogens is 270 g/mol. The summed E-state index contributed by atoms with van der Waals surface area (Å²) in [7, 11) is 0. The van der Waals surface area contributed by atoms with Crippen molar-refractivity contribution in [2.75, 3.05) is 0 Å². The van der Waals surface area contributed by atoms with Crippen LogP contribution in [0.1, 0.15) is 106 Å². The lowest BCUT2D eigenvalue weighted by Gasteiger charge is -2.40. The highest BCUT2D eigenvalue weighted by atomic mass is 16.2. The molecule has 2 heteroatoms. The highest BCUT2D eigenvalue weighted by Crippen LogP contribution is 2.27. The van der Waals surface area contributed by atoms with Gasteiger partial charge < -0.3 is 4.90 Å². The molecule has 0 spiro atoms. The maximum absolute atomic E-state index is 13.1. The molecule has 0 fully saturated rings. The topological polar surface area (TPSA) is 20.3 Å². The number of rotatable bonds is 11. The minimum atomic E-state index is 0.0707. The number of carbonyl (C=O) groups is 1. The van der Waals surface area contributed by atoms with E-state index in [-0.39, 0.29) is 5.41 Å². The fourth-order valence-electron chi connectivity index (χ4n) is 3.43. The molecule has 0 aliphatic rings. The van der Waals surface area contributed by atoms with Gasteiger partial charge in [-0.3, -0.25) is 4.79 Å². The largest absolute Gasteiger partial charge is 0.337 e. The Morgan fingerprint density at radius 1 is 0.773 bits per heavy atom. The molecule has 0 aliphatic heterocycles. The molecule has 0 saturated heterocycles. The molecule has 0 aromatic heterocycles. The van der Waals surface area contributed by atoms with Crippen molar-refractivity contribution < 1.29 is 4.79 Å². The van der Waals surface area contributed by atoms with Crippen LogP contribution in [0.2, 0.25) is 0 Å². The van der Waals surface area contributed by atoms with Crippen molar-refractivity contribution in [3.8, 4) is 0 Å². The second kappa shape index (κ2) is 11.1. The minimum absolute atomic E-state index is 0.0707. The van der Waals surface area contributed by atoms with Crippen LogP contribution in [0.3, 0.4) is 0 Å². The zero-order chi connectivity index (χ0) is 17.2. The van der Waals surface area contributed by atoms with Crippen molar-refractivity contribution in [2.45, 2.75) is 118 Å². The Labute approximate surface area is 140 Å². The normalized spacial score (nSPS) is 12.2. The van der Waals surface area contributed by atoms with Gasteiger partial charge in [-0.05, 0) is 31.1 Å². The molecule has 1 amide bonds. The molecule has 0 radical (unpaired) electrons. The van der Waals surface area contributed by atoms with Gasteiger partial charge in [0, 0.05) is 18.5 Å². The molecule has 0 aromatic carbocycles. The Balaban J connectivity index is 5.35. The van der Waals surface area contributed by atoms with E-state index in [4.69, 9.17) is 0 Å². The van der Waals surface area contributed by atoms with Gasteiger partial charge in [-0.1, -0.05) is 74.1 Å². The third kappa shape index (κ3) is 8.19. The van der Waals surface area contributed by atoms with Crippen molar-refractivity contribution in [3.63, 3.8) is 0 Å². The molecular formula is C20H41NO. The Morgan fingerprint density at radius 2 is 1.09 bits per heavy atom. The fourth-order valence-corrected chi connectivity index (χ4v) is 3.43. The second-order valence-electron chi connectivity index (χ2n) is 8.00. The van der Waals surface area contributed by atoms with Crippen LogP contribution in [0.5, 0.6) is 0 Å². The molecule has 0 saturated carbocycles. The van der Waals surface area contributed by atoms with E-state index in [9.17, 15) is 4.79 Å². The lowest BCUT2D eigenvalue weighted by Crippen LogP contribution is -2.48. The predicted octanol–water partition coefficient (Wildman–Crippen LogP) is 6.19. The molecule has 0 bridgehead atoms. The Bertz CT molecular complexity index is 265. The summed E-state index contributed by atoms with van der Waals surface area (Å²) >= 11 is 0. The third-order valence-corrected chi connectivity index (χ3v) is 4.24. The number of hydrogen-bond acceptors (Lipinski definition) is 1. The SMILES string of the molecule is CCCC(CCC)N(C(=O)CC(C)(C)C)C(CCC)CCC. The summed E-state index contributed by atoms with van der Waals surface area (Å²) in [6, 6.07) is 0.876. The predicted molar refractivity (Wildman–Crippen MR) is 98.1 cm³/mol. The van der Waals surface area contributed by atoms with E-state index < -0.39 is 0 Å². The smallest absolute Gasteiger partial charge is 0.223 e. The minimum Gasteiger partial charge on any atom is -0.337 e. The summed E-state index contributed by atoms with van der Waals surface area (Å²) in [6.45, 7) is 15.5. The zero-order valence-corrected chi connectivity index (χ0v) is 16.4. The van der Waals surface area contributed by atoms with E-state index in [2.05, 4.69) is 53.4 Å². The Kier molecular flexibility index (Phi) is 10.8. The fraction of sp³-hybridized carbons (Fsp3) is 0.950. The van der Waals surface area contributed by atoms with E-state index >= 15 is 0 Å². The number of nitrogens with zero attached hydrogens (tertiary/aromatic N) is 1. The first-order chi connectivity index (χ1) is 10.3. The van der Waals surface area contributed by atoms with E-state index in [1.165, 1.54) is 0 Å². The van der Waals surface area contributed by atoms with Crippen LogP contribution >= 0.6 is 0 Å². The molecule has 0 unspecified atom stereocenters. The highest BCUT2D eigenvalue weighted by Gasteiger charge is 2.31. The first-order valence-electron chi connectivity index (χ1n) is 9.61. The second-order valence-corrected chi connectivity index (χ2v) is 8.00. The number of hydrogen-bond donors (Lipinski definition) is 0. The summed E-state index contributed by atoms with van der Waals surface area (Å²) < 4.78 is 0. The molecule has 0 aromatic rings. The quantitative estimate of drug-likeness (QED) is 0.445. The molecule has 0 aliphatic carbocycles. The molecule has 0 rings (SSSR count). The molecule has 0 heterocycles. The van der Waals surface area contributed by atoms with Crippen LogP contribution in [0.25, 0.3) is 0 Å². The van der Waals surface area contributed by atoms with Gasteiger partial charge in [-0.2, -0.15) is 0 Å². The number of carbonyl (C=O) groups excluding carboxylic acids is 1. The summed E-state index contributed by atoms with van der Waals surface area (Å²) in [5.41, 5.74) is 0.0707. The van der Waals surface area contributed by atoms with E-state index in [1.54, 1.807) is 0 Å². The van der Waals surface area contributed by atoms with Crippen LogP contribution < -0.4 is 0 Å². The number of amides is 1. The van der Waals surface area contributed by atoms with Gasteiger partial charge >= 0.3 is 0 Å². The molecule has 0 N–H and O–H groups in total. The van der Waals surface area contributed by atoms with Crippen LogP contribution in [0.4, 0.5) is 0 Å². The van der Waals surface area contributed by atoms with Crippen molar-refractivity contribution in [3.05, 3.63) is 0 Å². The van der Waals surface area contributed by atoms with Crippen molar-refractivity contribution in [1.29, 1.82) is 0 Å². The van der Waals surface area contributed by atoms with E-state index in [0.717, 1.165) is 51.4 Å². The Hall–Kier alpha value is -0.530. The van der Waals surface area contributed by atoms with E-state index in [0.29, 0.717) is 24.4 Å². The van der Waals surface area contributed by atoms with Crippen molar-refractivity contribution in [2.24, 2.45) is 5.41 Å². The average molecular weight is 312 g/mol. The summed E-state index contributed by atoms with van der Waals surface area (Å²) in [5, 5.41) is 0. The van der Waals surface area contributed by atoms with Crippen LogP contribution in [0, 0.1) is 5.41 Å². The molecule has 2 nitrogen and oxygen atoms in total. The summed E-state index contributed by atoms with van der Waals surface area (Å²) in [4.78, 5) is 15.4. The lowest BCUT2D eigenvalue weighted by atomic mass is 9.89. The zero-order valence-electron chi connectivity index (χ0n) is 16.4. The highest BCUT2D eigenvalue weighted by molar-refractivity contribution is 5.77. The molecule has 22 heavy (non-hydrogen) atoms. The summed E-state index contributed by atoms with van der Waals surface area (Å²) in [6.07, 6.45) is 9.90. The van der Waals surface area contributed by atoms with Crippen LogP contribution in [-0.2, 0) is 4.79 Å². The average Bonchev–Trinajstić information content (AvgIpc) is 2.38. The van der Waals surface area contributed by atoms with Gasteiger partial charge in [0.1, 0.15) is 0 Å². The van der Waals surface area contributed by atoms with Gasteiger partial charge in [-0.25, -0.2) is 0 Å². The standard InChI is InChI=1S/C20H41NO/c1-8-12-17(13-9-2)21(18(14-10-3)15-11-4)19(22)16-20(5,6)7/h17-18H,8-16H2,1-7H3. The maximum Gasteiger partial charge on any atom is 0.223 e. The first kappa shape index (κ1) is 21.5. The van der Waals surface area contributed by atoms with Crippen molar-refractivity contribution in [1.82, 2.24) is 4.90 Å². The van der Waals surface area contributed by atoms with Gasteiger partial charge in [0.05, 0.1) is 0 Å². The summed E-state index contributed by atoms with van der Waals surface area (Å²) in [5.74, 6) is 0.381. The monoisotopic (exact) mass is 311 g/mol. The third-order valence-electron chi connectivity index (χ3n) is 4.24. The maximum atomic E-state index is 13.1. The van der Waals surface area contributed by atoms with Crippen LogP contribution in [-0.4, -0.2) is 22.9 Å². The van der Waals surface area contributed by atoms with Gasteiger partial charge in [0.25, 0.3) is 0 Å². The van der Waals surface area contributed by atoms with Crippen molar-refractivity contribution >= 4 is 5.91 Å². The molecule has 0 atom stereocenters. The van der Waals surface area contributed by atoms with Gasteiger partial charge in [0.2, 0.25) is 5.91 Å². The van der Waals surface area contributed by atoms with Gasteiger partial charge in [0.15, 0.2) is 0 Å². The Morgan fingerprint density at radius 3 is 1.32 bits per heavy atom. The van der Waals surface area contributed by atoms with Crippen LogP contribution in [0.15, 0.2) is 0 Å². The molecule has 132 valence electrons. The first-order valence-corrected chi connectivity index (χ1v) is 9.61.